The molecule has 10 heteroatoms. The molecule has 0 saturated heterocycles. The number of hydrogen-bond acceptors (Lipinski definition) is 10. The molecule has 228 valence electrons. The fraction of sp³-hybridized carbons (Fsp3) is 0.364. The van der Waals surface area contributed by atoms with Crippen LogP contribution in [-0.4, -0.2) is 73.3 Å². The van der Waals surface area contributed by atoms with Crippen molar-refractivity contribution >= 4 is 11.5 Å². The number of cyclic esters (lactones) is 1. The number of fused-ring (bicyclic) bond motifs is 1. The highest BCUT2D eigenvalue weighted by atomic mass is 16.7. The summed E-state index contributed by atoms with van der Waals surface area (Å²) in [5.41, 5.74) is 3.10. The van der Waals surface area contributed by atoms with E-state index in [2.05, 4.69) is 4.90 Å². The molecule has 5 rings (SSSR count). The minimum Gasteiger partial charge on any atom is -0.497 e. The molecule has 3 aromatic carbocycles. The van der Waals surface area contributed by atoms with Crippen molar-refractivity contribution in [1.82, 2.24) is 4.90 Å². The van der Waals surface area contributed by atoms with E-state index in [1.54, 1.807) is 40.6 Å². The van der Waals surface area contributed by atoms with Crippen LogP contribution in [0.3, 0.4) is 0 Å². The van der Waals surface area contributed by atoms with Gasteiger partial charge in [-0.2, -0.15) is 0 Å². The van der Waals surface area contributed by atoms with Crippen molar-refractivity contribution in [2.45, 2.75) is 18.6 Å². The van der Waals surface area contributed by atoms with E-state index >= 15 is 0 Å². The average molecular weight is 592 g/mol. The molecule has 1 atom stereocenters. The Morgan fingerprint density at radius 3 is 2.16 bits per heavy atom. The number of rotatable bonds is 13. The summed E-state index contributed by atoms with van der Waals surface area (Å²) in [5.74, 6) is 1.28. The summed E-state index contributed by atoms with van der Waals surface area (Å²) < 4.78 is 46.3. The Morgan fingerprint density at radius 1 is 0.837 bits per heavy atom. The molecule has 3 aromatic rings. The van der Waals surface area contributed by atoms with Crippen LogP contribution in [0.25, 0.3) is 5.57 Å². The summed E-state index contributed by atoms with van der Waals surface area (Å²) in [6, 6.07) is 16.5. The maximum atomic E-state index is 13.9. The average Bonchev–Trinajstić information content (AvgIpc) is 3.60. The highest BCUT2D eigenvalue weighted by molar-refractivity contribution is 6.20. The Labute approximate surface area is 251 Å². The topological polar surface area (TPSA) is 94.2 Å². The van der Waals surface area contributed by atoms with Crippen LogP contribution in [0.4, 0.5) is 0 Å². The van der Waals surface area contributed by atoms with E-state index in [4.69, 9.17) is 37.9 Å². The van der Waals surface area contributed by atoms with Crippen LogP contribution in [0, 0.1) is 0 Å². The monoisotopic (exact) mass is 591 g/mol. The highest BCUT2D eigenvalue weighted by Crippen LogP contribution is 2.50. The van der Waals surface area contributed by atoms with Crippen molar-refractivity contribution in [3.05, 3.63) is 76.9 Å². The number of ether oxygens (including phenoxy) is 8. The van der Waals surface area contributed by atoms with Gasteiger partial charge in [-0.05, 0) is 86.7 Å². The Kier molecular flexibility index (Phi) is 8.98. The maximum Gasteiger partial charge on any atom is 0.342 e. The fourth-order valence-corrected chi connectivity index (χ4v) is 5.36. The van der Waals surface area contributed by atoms with Gasteiger partial charge in [0.15, 0.2) is 23.0 Å². The predicted molar refractivity (Wildman–Crippen MR) is 159 cm³/mol. The van der Waals surface area contributed by atoms with Crippen LogP contribution >= 0.6 is 0 Å². The quantitative estimate of drug-likeness (QED) is 0.203. The minimum atomic E-state index is -1.51. The third-order valence-electron chi connectivity index (χ3n) is 7.43. The second kappa shape index (κ2) is 12.8. The first-order valence-corrected chi connectivity index (χ1v) is 13.9. The van der Waals surface area contributed by atoms with Gasteiger partial charge < -0.3 is 42.8 Å². The molecule has 2 heterocycles. The van der Waals surface area contributed by atoms with Gasteiger partial charge >= 0.3 is 5.97 Å². The number of benzene rings is 3. The first-order chi connectivity index (χ1) is 20.8. The van der Waals surface area contributed by atoms with Crippen molar-refractivity contribution < 1.29 is 42.7 Å². The Hall–Kier alpha value is -4.41. The number of methoxy groups -OCH3 is 4. The third kappa shape index (κ3) is 5.93. The number of esters is 1. The summed E-state index contributed by atoms with van der Waals surface area (Å²) in [6.45, 7) is 1.25. The molecular formula is C33H37NO9. The molecular weight excluding hydrogens is 554 g/mol. The standard InChI is InChI=1S/C33H37NO9/c1-34(2)14-7-15-42-33(23-9-11-24(36-3)12-10-23)25(16-21-17-28(37-4)31(39-6)29(18-21)38-5)30(32(35)43-33)22-8-13-26-27(19-22)41-20-40-26/h8-13,17-19H,7,14-16,20H2,1-6H3. The van der Waals surface area contributed by atoms with Crippen molar-refractivity contribution in [3.8, 4) is 34.5 Å². The number of hydrogen-bond donors (Lipinski definition) is 0. The zero-order valence-corrected chi connectivity index (χ0v) is 25.4. The van der Waals surface area contributed by atoms with E-state index in [0.717, 1.165) is 18.5 Å². The normalized spacial score (nSPS) is 17.3. The van der Waals surface area contributed by atoms with Crippen LogP contribution in [0.1, 0.15) is 23.1 Å². The molecule has 0 fully saturated rings. The smallest absolute Gasteiger partial charge is 0.342 e. The van der Waals surface area contributed by atoms with Gasteiger partial charge in [0.2, 0.25) is 12.5 Å². The van der Waals surface area contributed by atoms with Crippen molar-refractivity contribution in [2.75, 3.05) is 62.5 Å². The lowest BCUT2D eigenvalue weighted by molar-refractivity contribution is -0.208. The second-order valence-corrected chi connectivity index (χ2v) is 10.4. The fourth-order valence-electron chi connectivity index (χ4n) is 5.36. The van der Waals surface area contributed by atoms with E-state index in [-0.39, 0.29) is 13.2 Å². The van der Waals surface area contributed by atoms with Gasteiger partial charge in [-0.1, -0.05) is 6.07 Å². The molecule has 1 unspecified atom stereocenters. The van der Waals surface area contributed by atoms with Crippen molar-refractivity contribution in [2.24, 2.45) is 0 Å². The van der Waals surface area contributed by atoms with E-state index in [1.807, 2.05) is 56.6 Å². The molecule has 2 aliphatic rings. The molecule has 0 N–H and O–H groups in total. The van der Waals surface area contributed by atoms with Gasteiger partial charge in [0, 0.05) is 17.6 Å². The zero-order valence-electron chi connectivity index (χ0n) is 25.4. The lowest BCUT2D eigenvalue weighted by atomic mass is 9.87. The number of nitrogens with zero attached hydrogens (tertiary/aromatic N) is 1. The molecule has 0 saturated carbocycles. The van der Waals surface area contributed by atoms with Gasteiger partial charge in [0.25, 0.3) is 5.79 Å². The third-order valence-corrected chi connectivity index (χ3v) is 7.43. The Balaban J connectivity index is 1.70. The number of carbonyl (C=O) groups excluding carboxylic acids is 1. The summed E-state index contributed by atoms with van der Waals surface area (Å²) >= 11 is 0. The second-order valence-electron chi connectivity index (χ2n) is 10.4. The van der Waals surface area contributed by atoms with Crippen LogP contribution in [0.5, 0.6) is 34.5 Å². The lowest BCUT2D eigenvalue weighted by Gasteiger charge is -2.32. The molecule has 0 bridgehead atoms. The highest BCUT2D eigenvalue weighted by Gasteiger charge is 2.51. The Morgan fingerprint density at radius 2 is 1.53 bits per heavy atom. The summed E-state index contributed by atoms with van der Waals surface area (Å²) in [4.78, 5) is 16.0. The largest absolute Gasteiger partial charge is 0.497 e. The van der Waals surface area contributed by atoms with Crippen molar-refractivity contribution in [1.29, 1.82) is 0 Å². The van der Waals surface area contributed by atoms with E-state index in [9.17, 15) is 4.79 Å². The van der Waals surface area contributed by atoms with E-state index in [0.29, 0.717) is 63.4 Å². The maximum absolute atomic E-state index is 13.9. The molecule has 10 nitrogen and oxygen atoms in total. The molecule has 0 radical (unpaired) electrons. The minimum absolute atomic E-state index is 0.116. The number of carbonyl (C=O) groups is 1. The summed E-state index contributed by atoms with van der Waals surface area (Å²) in [7, 11) is 10.3. The first kappa shape index (κ1) is 30.1. The van der Waals surface area contributed by atoms with Gasteiger partial charge in [0.05, 0.1) is 40.6 Å². The molecule has 0 spiro atoms. The predicted octanol–water partition coefficient (Wildman–Crippen LogP) is 4.82. The molecule has 43 heavy (non-hydrogen) atoms. The Bertz CT molecular complexity index is 1470. The van der Waals surface area contributed by atoms with E-state index in [1.165, 1.54) is 0 Å². The van der Waals surface area contributed by atoms with Gasteiger partial charge in [-0.15, -0.1) is 0 Å². The van der Waals surface area contributed by atoms with Gasteiger partial charge in [-0.25, -0.2) is 4.79 Å². The molecule has 0 aliphatic carbocycles. The van der Waals surface area contributed by atoms with Gasteiger partial charge in [0.1, 0.15) is 5.75 Å². The van der Waals surface area contributed by atoms with Gasteiger partial charge in [-0.3, -0.25) is 0 Å². The molecule has 0 aromatic heterocycles. The van der Waals surface area contributed by atoms with Crippen LogP contribution in [-0.2, 0) is 26.5 Å². The van der Waals surface area contributed by atoms with Crippen LogP contribution in [0.15, 0.2) is 60.2 Å². The van der Waals surface area contributed by atoms with Crippen molar-refractivity contribution in [3.63, 3.8) is 0 Å². The van der Waals surface area contributed by atoms with Crippen LogP contribution < -0.4 is 28.4 Å². The zero-order chi connectivity index (χ0) is 30.6. The molecule has 2 aliphatic heterocycles. The summed E-state index contributed by atoms with van der Waals surface area (Å²) in [5, 5.41) is 0. The van der Waals surface area contributed by atoms with Crippen LogP contribution in [0.2, 0.25) is 0 Å². The summed E-state index contributed by atoms with van der Waals surface area (Å²) in [6.07, 6.45) is 0.991. The lowest BCUT2D eigenvalue weighted by Crippen LogP contribution is -2.34. The van der Waals surface area contributed by atoms with E-state index < -0.39 is 11.8 Å². The SMILES string of the molecule is COc1ccc(C2(OCCCN(C)C)OC(=O)C(c3ccc4c(c3)OCO4)=C2Cc2cc(OC)c(OC)c(OC)c2)cc1. The molecule has 0 amide bonds. The first-order valence-electron chi connectivity index (χ1n) is 13.9.